The summed E-state index contributed by atoms with van der Waals surface area (Å²) < 4.78 is 0. The highest BCUT2D eigenvalue weighted by Crippen LogP contribution is 2.03. The van der Waals surface area contributed by atoms with Gasteiger partial charge in [-0.2, -0.15) is 0 Å². The molecule has 0 saturated heterocycles. The van der Waals surface area contributed by atoms with E-state index in [-0.39, 0.29) is 25.0 Å². The number of nitrogens with one attached hydrogen (secondary N) is 1. The molecule has 0 aliphatic rings. The topological polar surface area (TPSA) is 86.7 Å². The maximum atomic E-state index is 12.0. The van der Waals surface area contributed by atoms with E-state index in [0.29, 0.717) is 5.56 Å². The van der Waals surface area contributed by atoms with Crippen LogP contribution in [-0.2, 0) is 9.59 Å². The fourth-order valence-electron chi connectivity index (χ4n) is 1.77. The Kier molecular flexibility index (Phi) is 5.90. The number of carbonyl (C=O) groups is 3. The van der Waals surface area contributed by atoms with Gasteiger partial charge >= 0.3 is 5.97 Å². The molecular formula is C15H20N2O4. The Balaban J connectivity index is 2.60. The summed E-state index contributed by atoms with van der Waals surface area (Å²) in [5, 5.41) is 11.3. The molecule has 0 spiro atoms. The quantitative estimate of drug-likeness (QED) is 0.820. The van der Waals surface area contributed by atoms with Gasteiger partial charge in [-0.1, -0.05) is 17.7 Å². The number of carbonyl (C=O) groups excluding carboxylic acids is 2. The van der Waals surface area contributed by atoms with Gasteiger partial charge in [0.25, 0.3) is 5.91 Å². The van der Waals surface area contributed by atoms with E-state index in [1.54, 1.807) is 26.0 Å². The zero-order chi connectivity index (χ0) is 16.0. The summed E-state index contributed by atoms with van der Waals surface area (Å²) in [6.45, 7) is 4.76. The summed E-state index contributed by atoms with van der Waals surface area (Å²) in [5.41, 5.74) is 1.50. The first-order valence-electron chi connectivity index (χ1n) is 6.67. The van der Waals surface area contributed by atoms with Crippen molar-refractivity contribution in [3.05, 3.63) is 35.4 Å². The second kappa shape index (κ2) is 7.42. The Morgan fingerprint density at radius 1 is 1.19 bits per heavy atom. The van der Waals surface area contributed by atoms with Crippen LogP contribution in [0.1, 0.15) is 29.8 Å². The average Bonchev–Trinajstić information content (AvgIpc) is 2.42. The number of amides is 2. The molecule has 2 N–H and O–H groups in total. The van der Waals surface area contributed by atoms with Crippen LogP contribution in [-0.4, -0.2) is 46.9 Å². The molecule has 0 aliphatic heterocycles. The number of benzene rings is 1. The fourth-order valence-corrected chi connectivity index (χ4v) is 1.77. The number of aryl methyl sites for hydroxylation is 1. The van der Waals surface area contributed by atoms with Crippen molar-refractivity contribution in [2.75, 3.05) is 13.1 Å². The summed E-state index contributed by atoms with van der Waals surface area (Å²) in [6.07, 6.45) is 0. The molecule has 6 heteroatoms. The molecule has 0 saturated carbocycles. The van der Waals surface area contributed by atoms with Crippen molar-refractivity contribution in [2.24, 2.45) is 0 Å². The van der Waals surface area contributed by atoms with Crippen LogP contribution in [0.2, 0.25) is 0 Å². The maximum absolute atomic E-state index is 12.0. The molecule has 21 heavy (non-hydrogen) atoms. The van der Waals surface area contributed by atoms with Crippen molar-refractivity contribution >= 4 is 17.8 Å². The number of hydrogen-bond acceptors (Lipinski definition) is 3. The highest BCUT2D eigenvalue weighted by atomic mass is 16.4. The summed E-state index contributed by atoms with van der Waals surface area (Å²) in [5.74, 6) is -1.86. The predicted octanol–water partition coefficient (Wildman–Crippen LogP) is 1.05. The summed E-state index contributed by atoms with van der Waals surface area (Å²) in [7, 11) is 0. The van der Waals surface area contributed by atoms with E-state index in [2.05, 4.69) is 5.32 Å². The van der Waals surface area contributed by atoms with Crippen LogP contribution in [0.25, 0.3) is 0 Å². The van der Waals surface area contributed by atoms with Gasteiger partial charge < -0.3 is 15.3 Å². The van der Waals surface area contributed by atoms with Gasteiger partial charge in [-0.3, -0.25) is 14.4 Å². The smallest absolute Gasteiger partial charge is 0.323 e. The van der Waals surface area contributed by atoms with E-state index in [9.17, 15) is 14.4 Å². The minimum Gasteiger partial charge on any atom is -0.480 e. The van der Waals surface area contributed by atoms with E-state index in [4.69, 9.17) is 5.11 Å². The summed E-state index contributed by atoms with van der Waals surface area (Å²) >= 11 is 0. The van der Waals surface area contributed by atoms with Gasteiger partial charge in [0, 0.05) is 11.6 Å². The molecule has 0 aromatic heterocycles. The molecule has 1 aromatic carbocycles. The molecule has 1 rings (SSSR count). The first-order valence-corrected chi connectivity index (χ1v) is 6.67. The first kappa shape index (κ1) is 16.7. The van der Waals surface area contributed by atoms with Gasteiger partial charge in [0.15, 0.2) is 0 Å². The third-order valence-electron chi connectivity index (χ3n) is 2.96. The van der Waals surface area contributed by atoms with Gasteiger partial charge in [0.2, 0.25) is 5.91 Å². The summed E-state index contributed by atoms with van der Waals surface area (Å²) in [6, 6.07) is 6.72. The standard InChI is InChI=1S/C15H20N2O4/c1-10(2)17(9-14(19)20)13(18)8-16-15(21)12-6-4-11(3)5-7-12/h4-7,10H,8-9H2,1-3H3,(H,16,21)(H,19,20). The number of rotatable bonds is 6. The SMILES string of the molecule is Cc1ccc(C(=O)NCC(=O)N(CC(=O)O)C(C)C)cc1. The highest BCUT2D eigenvalue weighted by molar-refractivity contribution is 5.96. The van der Waals surface area contributed by atoms with Crippen molar-refractivity contribution in [3.8, 4) is 0 Å². The lowest BCUT2D eigenvalue weighted by atomic mass is 10.1. The average molecular weight is 292 g/mol. The van der Waals surface area contributed by atoms with Crippen molar-refractivity contribution in [1.29, 1.82) is 0 Å². The Labute approximate surface area is 123 Å². The van der Waals surface area contributed by atoms with E-state index in [0.717, 1.165) is 5.56 Å². The number of aliphatic carboxylic acids is 1. The molecule has 1 aromatic rings. The normalized spacial score (nSPS) is 10.3. The minimum atomic E-state index is -1.08. The van der Waals surface area contributed by atoms with Crippen molar-refractivity contribution < 1.29 is 19.5 Å². The molecular weight excluding hydrogens is 272 g/mol. The van der Waals surface area contributed by atoms with Gasteiger partial charge in [-0.05, 0) is 32.9 Å². The number of nitrogens with zero attached hydrogens (tertiary/aromatic N) is 1. The van der Waals surface area contributed by atoms with Crippen LogP contribution in [0.3, 0.4) is 0 Å². The largest absolute Gasteiger partial charge is 0.480 e. The molecule has 2 amide bonds. The van der Waals surface area contributed by atoms with E-state index in [1.165, 1.54) is 4.90 Å². The molecule has 0 atom stereocenters. The lowest BCUT2D eigenvalue weighted by molar-refractivity contribution is -0.145. The van der Waals surface area contributed by atoms with Crippen molar-refractivity contribution in [1.82, 2.24) is 10.2 Å². The van der Waals surface area contributed by atoms with Crippen LogP contribution < -0.4 is 5.32 Å². The highest BCUT2D eigenvalue weighted by Gasteiger charge is 2.20. The second-order valence-corrected chi connectivity index (χ2v) is 5.06. The van der Waals surface area contributed by atoms with Gasteiger partial charge in [-0.25, -0.2) is 0 Å². The fraction of sp³-hybridized carbons (Fsp3) is 0.400. The third kappa shape index (κ3) is 5.25. The summed E-state index contributed by atoms with van der Waals surface area (Å²) in [4.78, 5) is 35.8. The van der Waals surface area contributed by atoms with Crippen molar-refractivity contribution in [3.63, 3.8) is 0 Å². The van der Waals surface area contributed by atoms with E-state index < -0.39 is 11.9 Å². The van der Waals surface area contributed by atoms with E-state index in [1.807, 2.05) is 19.1 Å². The Hall–Kier alpha value is -2.37. The van der Waals surface area contributed by atoms with Crippen LogP contribution in [0.15, 0.2) is 24.3 Å². The lowest BCUT2D eigenvalue weighted by Crippen LogP contribution is -2.45. The molecule has 0 radical (unpaired) electrons. The van der Waals surface area contributed by atoms with Crippen LogP contribution >= 0.6 is 0 Å². The zero-order valence-corrected chi connectivity index (χ0v) is 12.4. The maximum Gasteiger partial charge on any atom is 0.323 e. The number of carboxylic acid groups (broad SMARTS) is 1. The van der Waals surface area contributed by atoms with Crippen LogP contribution in [0, 0.1) is 6.92 Å². The lowest BCUT2D eigenvalue weighted by Gasteiger charge is -2.24. The Morgan fingerprint density at radius 3 is 2.24 bits per heavy atom. The minimum absolute atomic E-state index is 0.224. The molecule has 0 bridgehead atoms. The second-order valence-electron chi connectivity index (χ2n) is 5.06. The third-order valence-corrected chi connectivity index (χ3v) is 2.96. The Bertz CT molecular complexity index is 523. The van der Waals surface area contributed by atoms with Gasteiger partial charge in [0.05, 0.1) is 6.54 Å². The molecule has 0 aliphatic carbocycles. The molecule has 0 heterocycles. The number of hydrogen-bond donors (Lipinski definition) is 2. The van der Waals surface area contributed by atoms with Gasteiger partial charge in [-0.15, -0.1) is 0 Å². The predicted molar refractivity (Wildman–Crippen MR) is 78.0 cm³/mol. The van der Waals surface area contributed by atoms with Crippen molar-refractivity contribution in [2.45, 2.75) is 26.8 Å². The molecule has 0 unspecified atom stereocenters. The van der Waals surface area contributed by atoms with Crippen LogP contribution in [0.4, 0.5) is 0 Å². The molecule has 0 fully saturated rings. The Morgan fingerprint density at radius 2 is 1.76 bits per heavy atom. The monoisotopic (exact) mass is 292 g/mol. The first-order chi connectivity index (χ1) is 9.81. The zero-order valence-electron chi connectivity index (χ0n) is 12.4. The van der Waals surface area contributed by atoms with Gasteiger partial charge in [0.1, 0.15) is 6.54 Å². The van der Waals surface area contributed by atoms with Crippen LogP contribution in [0.5, 0.6) is 0 Å². The molecule has 114 valence electrons. The van der Waals surface area contributed by atoms with E-state index >= 15 is 0 Å². The number of carboxylic acids is 1. The molecule has 6 nitrogen and oxygen atoms in total.